The number of aromatic amines is 1. The Hall–Kier alpha value is -2.99. The Labute approximate surface area is 214 Å². The quantitative estimate of drug-likeness (QED) is 0.339. The largest absolute Gasteiger partial charge is 0.346 e. The molecule has 1 aliphatic heterocycles. The Morgan fingerprint density at radius 3 is 2.53 bits per heavy atom. The van der Waals surface area contributed by atoms with Gasteiger partial charge in [-0.1, -0.05) is 26.2 Å². The minimum Gasteiger partial charge on any atom is -0.346 e. The molecule has 0 amide bonds. The summed E-state index contributed by atoms with van der Waals surface area (Å²) in [5.41, 5.74) is 9.33. The Morgan fingerprint density at radius 2 is 1.78 bits per heavy atom. The molecule has 0 radical (unpaired) electrons. The number of rotatable bonds is 5. The van der Waals surface area contributed by atoms with Crippen molar-refractivity contribution in [3.05, 3.63) is 53.7 Å². The van der Waals surface area contributed by atoms with Crippen LogP contribution in [0.1, 0.15) is 80.7 Å². The van der Waals surface area contributed by atoms with Gasteiger partial charge in [-0.2, -0.15) is 5.10 Å². The van der Waals surface area contributed by atoms with E-state index in [9.17, 15) is 0 Å². The first-order valence-electron chi connectivity index (χ1n) is 13.8. The van der Waals surface area contributed by atoms with Crippen molar-refractivity contribution < 1.29 is 0 Å². The van der Waals surface area contributed by atoms with Crippen LogP contribution >= 0.6 is 0 Å². The molecule has 2 fully saturated rings. The van der Waals surface area contributed by atoms with Crippen molar-refractivity contribution >= 4 is 11.0 Å². The molecule has 0 atom stereocenters. The standard InChI is InChI=1S/C30H38N6/c1-4-35-12-10-25(11-13-35)36-19-24(17-33-36)27-18-32-30-26(27)15-23(16-31-30)28-14-20(2)29(21(3)34-28)22-8-6-5-7-9-22/h14-19,22,25H,4-13H2,1-3H3,(H,31,32). The highest BCUT2D eigenvalue weighted by molar-refractivity contribution is 5.95. The predicted octanol–water partition coefficient (Wildman–Crippen LogP) is 6.81. The van der Waals surface area contributed by atoms with Gasteiger partial charge in [-0.15, -0.1) is 0 Å². The van der Waals surface area contributed by atoms with E-state index in [0.717, 1.165) is 65.9 Å². The molecule has 6 rings (SSSR count). The molecule has 6 nitrogen and oxygen atoms in total. The van der Waals surface area contributed by atoms with Gasteiger partial charge in [-0.3, -0.25) is 9.67 Å². The highest BCUT2D eigenvalue weighted by Crippen LogP contribution is 2.37. The Balaban J connectivity index is 1.30. The molecular weight excluding hydrogens is 444 g/mol. The monoisotopic (exact) mass is 482 g/mol. The van der Waals surface area contributed by atoms with Gasteiger partial charge in [0.25, 0.3) is 0 Å². The number of hydrogen-bond acceptors (Lipinski definition) is 4. The molecule has 1 aliphatic carbocycles. The number of nitrogens with zero attached hydrogens (tertiary/aromatic N) is 5. The molecule has 36 heavy (non-hydrogen) atoms. The topological polar surface area (TPSA) is 62.6 Å². The number of H-pyrrole nitrogens is 1. The zero-order chi connectivity index (χ0) is 24.6. The molecular formula is C30H38N6. The highest BCUT2D eigenvalue weighted by atomic mass is 15.3. The van der Waals surface area contributed by atoms with Gasteiger partial charge in [0.1, 0.15) is 5.65 Å². The fraction of sp³-hybridized carbons (Fsp3) is 0.500. The average molecular weight is 483 g/mol. The van der Waals surface area contributed by atoms with Gasteiger partial charge >= 0.3 is 0 Å². The number of pyridine rings is 2. The molecule has 0 spiro atoms. The summed E-state index contributed by atoms with van der Waals surface area (Å²) in [7, 11) is 0. The second-order valence-electron chi connectivity index (χ2n) is 10.9. The van der Waals surface area contributed by atoms with Gasteiger partial charge in [-0.25, -0.2) is 4.98 Å². The van der Waals surface area contributed by atoms with Crippen LogP contribution in [0, 0.1) is 13.8 Å². The van der Waals surface area contributed by atoms with Crippen LogP contribution in [-0.2, 0) is 0 Å². The van der Waals surface area contributed by atoms with E-state index in [1.807, 2.05) is 12.4 Å². The number of aryl methyl sites for hydroxylation is 2. The maximum absolute atomic E-state index is 5.08. The summed E-state index contributed by atoms with van der Waals surface area (Å²) < 4.78 is 2.18. The minimum atomic E-state index is 0.485. The second-order valence-corrected chi connectivity index (χ2v) is 10.9. The molecule has 4 aromatic rings. The molecule has 0 unspecified atom stereocenters. The number of aromatic nitrogens is 5. The third kappa shape index (κ3) is 4.36. The predicted molar refractivity (Wildman–Crippen MR) is 146 cm³/mol. The second kappa shape index (κ2) is 9.81. The van der Waals surface area contributed by atoms with E-state index in [1.165, 1.54) is 48.9 Å². The Kier molecular flexibility index (Phi) is 6.38. The van der Waals surface area contributed by atoms with Crippen molar-refractivity contribution in [1.29, 1.82) is 0 Å². The zero-order valence-electron chi connectivity index (χ0n) is 21.9. The van der Waals surface area contributed by atoms with E-state index >= 15 is 0 Å². The van der Waals surface area contributed by atoms with E-state index in [-0.39, 0.29) is 0 Å². The van der Waals surface area contributed by atoms with Gasteiger partial charge in [0.05, 0.1) is 17.9 Å². The lowest BCUT2D eigenvalue weighted by molar-refractivity contribution is 0.187. The minimum absolute atomic E-state index is 0.485. The van der Waals surface area contributed by atoms with Crippen molar-refractivity contribution in [1.82, 2.24) is 29.6 Å². The molecule has 6 heteroatoms. The first-order valence-corrected chi connectivity index (χ1v) is 13.8. The molecule has 1 N–H and O–H groups in total. The Bertz CT molecular complexity index is 1330. The summed E-state index contributed by atoms with van der Waals surface area (Å²) in [4.78, 5) is 15.7. The van der Waals surface area contributed by atoms with Crippen LogP contribution in [0.2, 0.25) is 0 Å². The first-order chi connectivity index (χ1) is 17.6. The van der Waals surface area contributed by atoms with Crippen molar-refractivity contribution in [2.24, 2.45) is 0 Å². The number of piperidine rings is 1. The van der Waals surface area contributed by atoms with Crippen LogP contribution in [-0.4, -0.2) is 49.3 Å². The van der Waals surface area contributed by atoms with Crippen molar-refractivity contribution in [3.63, 3.8) is 0 Å². The maximum Gasteiger partial charge on any atom is 0.137 e. The van der Waals surface area contributed by atoms with Crippen LogP contribution < -0.4 is 0 Å². The number of hydrogen-bond donors (Lipinski definition) is 1. The van der Waals surface area contributed by atoms with Gasteiger partial charge < -0.3 is 9.88 Å². The first kappa shape index (κ1) is 23.4. The third-order valence-electron chi connectivity index (χ3n) is 8.59. The zero-order valence-corrected chi connectivity index (χ0v) is 21.9. The maximum atomic E-state index is 5.08. The summed E-state index contributed by atoms with van der Waals surface area (Å²) in [5, 5.41) is 5.89. The molecule has 0 bridgehead atoms. The summed E-state index contributed by atoms with van der Waals surface area (Å²) in [6, 6.07) is 5.00. The lowest BCUT2D eigenvalue weighted by Crippen LogP contribution is -2.34. The van der Waals surface area contributed by atoms with Crippen LogP contribution in [0.25, 0.3) is 33.4 Å². The van der Waals surface area contributed by atoms with Crippen LogP contribution in [0.15, 0.2) is 36.9 Å². The molecule has 4 aromatic heterocycles. The summed E-state index contributed by atoms with van der Waals surface area (Å²) >= 11 is 0. The normalized spacial score (nSPS) is 18.3. The van der Waals surface area contributed by atoms with Crippen molar-refractivity contribution in [2.45, 2.75) is 77.7 Å². The Morgan fingerprint density at radius 1 is 0.972 bits per heavy atom. The van der Waals surface area contributed by atoms with E-state index in [2.05, 4.69) is 59.9 Å². The highest BCUT2D eigenvalue weighted by Gasteiger charge is 2.22. The SMILES string of the molecule is CCN1CCC(n2cc(-c3c[nH]c4ncc(-c5cc(C)c(C6CCCCC6)c(C)n5)cc34)cn2)CC1. The van der Waals surface area contributed by atoms with Crippen LogP contribution in [0.5, 0.6) is 0 Å². The average Bonchev–Trinajstić information content (AvgIpc) is 3.56. The molecule has 0 aromatic carbocycles. The van der Waals surface area contributed by atoms with Gasteiger partial charge in [-0.05, 0) is 75.3 Å². The third-order valence-corrected chi connectivity index (χ3v) is 8.59. The lowest BCUT2D eigenvalue weighted by Gasteiger charge is -2.31. The van der Waals surface area contributed by atoms with Crippen LogP contribution in [0.4, 0.5) is 0 Å². The molecule has 1 saturated heterocycles. The lowest BCUT2D eigenvalue weighted by atomic mass is 9.81. The van der Waals surface area contributed by atoms with E-state index in [4.69, 9.17) is 15.1 Å². The molecule has 188 valence electrons. The van der Waals surface area contributed by atoms with E-state index in [0.29, 0.717) is 12.0 Å². The number of likely N-dealkylation sites (tertiary alicyclic amines) is 1. The van der Waals surface area contributed by atoms with Crippen molar-refractivity contribution in [3.8, 4) is 22.4 Å². The smallest absolute Gasteiger partial charge is 0.137 e. The fourth-order valence-electron chi connectivity index (χ4n) is 6.56. The molecule has 2 aliphatic rings. The van der Waals surface area contributed by atoms with Gasteiger partial charge in [0, 0.05) is 59.5 Å². The van der Waals surface area contributed by atoms with E-state index < -0.39 is 0 Å². The van der Waals surface area contributed by atoms with Gasteiger partial charge in [0.2, 0.25) is 0 Å². The van der Waals surface area contributed by atoms with Gasteiger partial charge in [0.15, 0.2) is 0 Å². The van der Waals surface area contributed by atoms with Crippen LogP contribution in [0.3, 0.4) is 0 Å². The van der Waals surface area contributed by atoms with Crippen molar-refractivity contribution in [2.75, 3.05) is 19.6 Å². The molecule has 5 heterocycles. The number of fused-ring (bicyclic) bond motifs is 1. The summed E-state index contributed by atoms with van der Waals surface area (Å²) in [6.45, 7) is 10.1. The summed E-state index contributed by atoms with van der Waals surface area (Å²) in [6.07, 6.45) is 17.2. The van der Waals surface area contributed by atoms with E-state index in [1.54, 1.807) is 0 Å². The summed E-state index contributed by atoms with van der Waals surface area (Å²) in [5.74, 6) is 0.669. The molecule has 1 saturated carbocycles. The number of nitrogens with one attached hydrogen (secondary N) is 1. The fourth-order valence-corrected chi connectivity index (χ4v) is 6.56.